The molecule has 0 atom stereocenters. The van der Waals surface area contributed by atoms with Crippen LogP contribution in [0.15, 0.2) is 24.5 Å². The first-order chi connectivity index (χ1) is 6.68. The number of anilines is 1. The summed E-state index contributed by atoms with van der Waals surface area (Å²) in [5.41, 5.74) is 2.58. The van der Waals surface area contributed by atoms with E-state index >= 15 is 0 Å². The van der Waals surface area contributed by atoms with Gasteiger partial charge in [-0.3, -0.25) is 4.79 Å². The van der Waals surface area contributed by atoms with Crippen molar-refractivity contribution in [1.29, 1.82) is 0 Å². The lowest BCUT2D eigenvalue weighted by atomic mass is 10.2. The number of nitrogens with one attached hydrogen (secondary N) is 1. The number of aromatic nitrogens is 2. The number of rotatable bonds is 1. The molecule has 14 heavy (non-hydrogen) atoms. The zero-order valence-electron chi connectivity index (χ0n) is 7.56. The average Bonchev–Trinajstić information content (AvgIpc) is 2.62. The molecule has 1 aromatic carbocycles. The predicted molar refractivity (Wildman–Crippen MR) is 58.9 cm³/mol. The maximum atomic E-state index is 11.0. The molecule has 0 aliphatic heterocycles. The molecule has 5 heteroatoms. The number of nitrogens with zero attached hydrogens (tertiary/aromatic N) is 2. The van der Waals surface area contributed by atoms with E-state index in [0.29, 0.717) is 0 Å². The van der Waals surface area contributed by atoms with Crippen LogP contribution in [0.1, 0.15) is 0 Å². The molecule has 0 fully saturated rings. The Hall–Kier alpha value is -1.49. The zero-order valence-corrected chi connectivity index (χ0v) is 8.45. The number of imidazole rings is 1. The molecule has 0 spiro atoms. The molecule has 0 unspecified atom stereocenters. The Bertz CT molecular complexity index is 480. The van der Waals surface area contributed by atoms with E-state index in [2.05, 4.69) is 22.6 Å². The van der Waals surface area contributed by atoms with Crippen molar-refractivity contribution in [2.24, 2.45) is 0 Å². The van der Waals surface area contributed by atoms with Gasteiger partial charge in [-0.15, -0.1) is 0 Å². The fourth-order valence-corrected chi connectivity index (χ4v) is 1.36. The second-order valence-electron chi connectivity index (χ2n) is 2.95. The minimum absolute atomic E-state index is 0.288. The van der Waals surface area contributed by atoms with Crippen molar-refractivity contribution in [2.75, 3.05) is 11.9 Å². The fraction of sp³-hybridized carbons (Fsp3) is 0.111. The van der Waals surface area contributed by atoms with Crippen molar-refractivity contribution in [3.63, 3.8) is 0 Å². The molecular weight excluding hydrogens is 198 g/mol. The van der Waals surface area contributed by atoms with Gasteiger partial charge in [-0.05, 0) is 18.2 Å². The third kappa shape index (κ3) is 1.46. The normalized spacial score (nSPS) is 10.4. The van der Waals surface area contributed by atoms with Gasteiger partial charge in [-0.25, -0.2) is 4.98 Å². The molecular formula is C9H9N3OS. The summed E-state index contributed by atoms with van der Waals surface area (Å²) in [6.45, 7) is 0. The van der Waals surface area contributed by atoms with E-state index < -0.39 is 0 Å². The Labute approximate surface area is 86.3 Å². The highest BCUT2D eigenvalue weighted by Gasteiger charge is 2.07. The zero-order chi connectivity index (χ0) is 10.1. The van der Waals surface area contributed by atoms with Crippen LogP contribution in [0.25, 0.3) is 11.0 Å². The molecule has 72 valence electrons. The first-order valence-corrected chi connectivity index (χ1v) is 4.53. The average molecular weight is 207 g/mol. The van der Waals surface area contributed by atoms with Gasteiger partial charge in [0.15, 0.2) is 0 Å². The molecule has 0 aliphatic rings. The summed E-state index contributed by atoms with van der Waals surface area (Å²) in [4.78, 5) is 19.5. The van der Waals surface area contributed by atoms with Crippen LogP contribution in [0.5, 0.6) is 0 Å². The Morgan fingerprint density at radius 3 is 3.07 bits per heavy atom. The first-order valence-electron chi connectivity index (χ1n) is 4.08. The maximum absolute atomic E-state index is 11.0. The molecule has 1 aromatic heterocycles. The lowest BCUT2D eigenvalue weighted by Gasteiger charge is -2.13. The van der Waals surface area contributed by atoms with Crippen molar-refractivity contribution in [1.82, 2.24) is 9.97 Å². The molecule has 0 bridgehead atoms. The Morgan fingerprint density at radius 2 is 2.36 bits per heavy atom. The minimum Gasteiger partial charge on any atom is -0.345 e. The van der Waals surface area contributed by atoms with Crippen LogP contribution in [0.2, 0.25) is 0 Å². The second kappa shape index (κ2) is 3.34. The van der Waals surface area contributed by atoms with Gasteiger partial charge >= 0.3 is 0 Å². The van der Waals surface area contributed by atoms with Crippen LogP contribution in [0.3, 0.4) is 0 Å². The summed E-state index contributed by atoms with van der Waals surface area (Å²) in [7, 11) is 1.67. The SMILES string of the molecule is CN(C(=O)S)c1ccc2nc[nH]c2c1. The largest absolute Gasteiger partial charge is 0.345 e. The monoisotopic (exact) mass is 207 g/mol. The number of hydrogen-bond donors (Lipinski definition) is 2. The van der Waals surface area contributed by atoms with E-state index in [1.54, 1.807) is 13.4 Å². The number of amides is 1. The van der Waals surface area contributed by atoms with Gasteiger partial charge < -0.3 is 9.88 Å². The Morgan fingerprint density at radius 1 is 1.57 bits per heavy atom. The van der Waals surface area contributed by atoms with Gasteiger partial charge in [0.2, 0.25) is 0 Å². The molecule has 0 saturated carbocycles. The van der Waals surface area contributed by atoms with Crippen LogP contribution in [-0.2, 0) is 0 Å². The summed E-state index contributed by atoms with van der Waals surface area (Å²) in [6.07, 6.45) is 1.62. The van der Waals surface area contributed by atoms with Crippen LogP contribution in [-0.4, -0.2) is 22.3 Å². The number of thiol groups is 1. The number of aromatic amines is 1. The van der Waals surface area contributed by atoms with E-state index in [-0.39, 0.29) is 5.24 Å². The van der Waals surface area contributed by atoms with E-state index in [0.717, 1.165) is 16.7 Å². The molecule has 1 N–H and O–H groups in total. The van der Waals surface area contributed by atoms with Gasteiger partial charge in [0.1, 0.15) is 0 Å². The van der Waals surface area contributed by atoms with Crippen LogP contribution < -0.4 is 4.90 Å². The highest BCUT2D eigenvalue weighted by molar-refractivity contribution is 7.96. The number of H-pyrrole nitrogens is 1. The summed E-state index contributed by atoms with van der Waals surface area (Å²) >= 11 is 3.74. The van der Waals surface area contributed by atoms with Gasteiger partial charge in [0.25, 0.3) is 5.24 Å². The van der Waals surface area contributed by atoms with Crippen molar-refractivity contribution < 1.29 is 4.79 Å². The van der Waals surface area contributed by atoms with E-state index in [1.165, 1.54) is 4.90 Å². The van der Waals surface area contributed by atoms with Crippen molar-refractivity contribution in [3.05, 3.63) is 24.5 Å². The Kier molecular flexibility index (Phi) is 2.17. The van der Waals surface area contributed by atoms with Gasteiger partial charge in [0.05, 0.1) is 17.4 Å². The molecule has 1 amide bonds. The predicted octanol–water partition coefficient (Wildman–Crippen LogP) is 2.05. The molecule has 4 nitrogen and oxygen atoms in total. The van der Waals surface area contributed by atoms with Crippen molar-refractivity contribution in [2.45, 2.75) is 0 Å². The molecule has 2 aromatic rings. The molecule has 2 rings (SSSR count). The molecule has 0 radical (unpaired) electrons. The van der Waals surface area contributed by atoms with E-state index in [9.17, 15) is 4.79 Å². The minimum atomic E-state index is -0.288. The second-order valence-corrected chi connectivity index (χ2v) is 3.33. The molecule has 1 heterocycles. The lowest BCUT2D eigenvalue weighted by molar-refractivity contribution is 0.266. The van der Waals surface area contributed by atoms with Crippen molar-refractivity contribution >= 4 is 34.6 Å². The topological polar surface area (TPSA) is 49.0 Å². The maximum Gasteiger partial charge on any atom is 0.282 e. The summed E-state index contributed by atoms with van der Waals surface area (Å²) < 4.78 is 0. The third-order valence-corrected chi connectivity index (χ3v) is 2.38. The molecule has 0 aliphatic carbocycles. The number of carbonyl (C=O) groups excluding carboxylic acids is 1. The first kappa shape index (κ1) is 9.08. The standard InChI is InChI=1S/C9H9N3OS/c1-12(9(13)14)6-2-3-7-8(4-6)11-5-10-7/h2-5H,1H3,(H,10,11)(H,13,14). The van der Waals surface area contributed by atoms with Crippen molar-refractivity contribution in [3.8, 4) is 0 Å². The van der Waals surface area contributed by atoms with Crippen LogP contribution >= 0.6 is 12.6 Å². The summed E-state index contributed by atoms with van der Waals surface area (Å²) in [6, 6.07) is 5.54. The van der Waals surface area contributed by atoms with Gasteiger partial charge in [-0.1, -0.05) is 12.6 Å². The van der Waals surface area contributed by atoms with Gasteiger partial charge in [0, 0.05) is 12.7 Å². The third-order valence-electron chi connectivity index (χ3n) is 2.08. The van der Waals surface area contributed by atoms with Crippen LogP contribution in [0.4, 0.5) is 10.5 Å². The molecule has 0 saturated heterocycles. The number of hydrogen-bond acceptors (Lipinski definition) is 2. The Balaban J connectivity index is 2.48. The van der Waals surface area contributed by atoms with Crippen LogP contribution in [0, 0.1) is 0 Å². The number of benzene rings is 1. The smallest absolute Gasteiger partial charge is 0.282 e. The van der Waals surface area contributed by atoms with E-state index in [4.69, 9.17) is 0 Å². The highest BCUT2D eigenvalue weighted by atomic mass is 32.1. The number of carbonyl (C=O) groups is 1. The lowest BCUT2D eigenvalue weighted by Crippen LogP contribution is -2.19. The number of fused-ring (bicyclic) bond motifs is 1. The van der Waals surface area contributed by atoms with Gasteiger partial charge in [-0.2, -0.15) is 0 Å². The summed E-state index contributed by atoms with van der Waals surface area (Å²) in [5, 5.41) is -0.288. The quantitative estimate of drug-likeness (QED) is 0.703. The summed E-state index contributed by atoms with van der Waals surface area (Å²) in [5.74, 6) is 0. The van der Waals surface area contributed by atoms with E-state index in [1.807, 2.05) is 18.2 Å². The highest BCUT2D eigenvalue weighted by Crippen LogP contribution is 2.19. The fourth-order valence-electron chi connectivity index (χ4n) is 1.24.